The van der Waals surface area contributed by atoms with Crippen molar-refractivity contribution >= 4 is 11.5 Å². The first-order valence-corrected chi connectivity index (χ1v) is 10.6. The number of fused-ring (bicyclic) bond motifs is 1. The van der Waals surface area contributed by atoms with Crippen molar-refractivity contribution in [3.05, 3.63) is 41.5 Å². The van der Waals surface area contributed by atoms with Crippen LogP contribution < -0.4 is 16.9 Å². The maximum absolute atomic E-state index is 13.3. The fourth-order valence-electron chi connectivity index (χ4n) is 3.93. The SMILES string of the molecule is CONCCC/C1=C/C(N)CN(C2CC2)C(=O)[C@H](OCCN)Cc2ccccc21. The molecule has 0 radical (unpaired) electrons. The van der Waals surface area contributed by atoms with E-state index in [0.29, 0.717) is 26.1 Å². The summed E-state index contributed by atoms with van der Waals surface area (Å²) in [5, 5.41) is 0. The minimum Gasteiger partial charge on any atom is -0.367 e. The number of hydrogen-bond acceptors (Lipinski definition) is 6. The van der Waals surface area contributed by atoms with Crippen molar-refractivity contribution in [2.75, 3.05) is 33.4 Å². The van der Waals surface area contributed by atoms with E-state index in [9.17, 15) is 4.79 Å². The maximum atomic E-state index is 13.3. The van der Waals surface area contributed by atoms with Crippen LogP contribution in [-0.2, 0) is 20.8 Å². The van der Waals surface area contributed by atoms with Gasteiger partial charge in [0.05, 0.1) is 13.7 Å². The summed E-state index contributed by atoms with van der Waals surface area (Å²) in [6, 6.07) is 8.31. The average molecular weight is 403 g/mol. The van der Waals surface area contributed by atoms with E-state index < -0.39 is 6.10 Å². The normalized spacial score (nSPS) is 24.7. The molecule has 0 spiro atoms. The molecular weight excluding hydrogens is 368 g/mol. The Morgan fingerprint density at radius 2 is 2.07 bits per heavy atom. The van der Waals surface area contributed by atoms with Gasteiger partial charge in [0, 0.05) is 38.1 Å². The number of nitrogens with zero attached hydrogens (tertiary/aromatic N) is 1. The third kappa shape index (κ3) is 6.10. The highest BCUT2D eigenvalue weighted by molar-refractivity contribution is 5.83. The van der Waals surface area contributed by atoms with Crippen LogP contribution in [0.1, 0.15) is 36.8 Å². The monoisotopic (exact) mass is 402 g/mol. The minimum atomic E-state index is -0.526. The van der Waals surface area contributed by atoms with E-state index in [0.717, 1.165) is 43.4 Å². The van der Waals surface area contributed by atoms with Gasteiger partial charge < -0.3 is 25.9 Å². The van der Waals surface area contributed by atoms with Gasteiger partial charge in [-0.3, -0.25) is 4.79 Å². The van der Waals surface area contributed by atoms with Crippen LogP contribution >= 0.6 is 0 Å². The molecule has 0 saturated heterocycles. The first kappa shape index (κ1) is 21.9. The van der Waals surface area contributed by atoms with Crippen LogP contribution in [0.15, 0.2) is 30.3 Å². The molecule has 7 nitrogen and oxygen atoms in total. The van der Waals surface area contributed by atoms with E-state index in [4.69, 9.17) is 21.0 Å². The first-order valence-electron chi connectivity index (χ1n) is 10.6. The standard InChI is InChI=1S/C22H34N4O3/c1-28-25-11-4-6-16-13-18(24)15-26(19-8-9-19)22(27)21(29-12-10-23)14-17-5-2-3-7-20(16)17/h2-3,5,7,13,18-19,21,25H,4,6,8-12,14-15,23-24H2,1H3/b16-13-/t18?,21-/m1/s1. The second-order valence-electron chi connectivity index (χ2n) is 7.79. The van der Waals surface area contributed by atoms with Crippen LogP contribution in [0.4, 0.5) is 0 Å². The first-order chi connectivity index (χ1) is 14.1. The van der Waals surface area contributed by atoms with Crippen molar-refractivity contribution in [1.29, 1.82) is 0 Å². The van der Waals surface area contributed by atoms with Gasteiger partial charge in [0.1, 0.15) is 6.10 Å². The molecule has 1 amide bonds. The van der Waals surface area contributed by atoms with Gasteiger partial charge in [-0.1, -0.05) is 30.3 Å². The number of carbonyl (C=O) groups excluding carboxylic acids is 1. The molecule has 1 fully saturated rings. The molecule has 29 heavy (non-hydrogen) atoms. The van der Waals surface area contributed by atoms with E-state index in [1.54, 1.807) is 7.11 Å². The third-order valence-corrected chi connectivity index (χ3v) is 5.44. The highest BCUT2D eigenvalue weighted by Gasteiger charge is 2.37. The lowest BCUT2D eigenvalue weighted by Crippen LogP contribution is -2.48. The molecule has 1 aliphatic heterocycles. The summed E-state index contributed by atoms with van der Waals surface area (Å²) in [7, 11) is 1.62. The molecule has 7 heteroatoms. The molecule has 1 heterocycles. The van der Waals surface area contributed by atoms with Crippen LogP contribution in [-0.4, -0.2) is 62.3 Å². The van der Waals surface area contributed by atoms with Crippen molar-refractivity contribution in [2.24, 2.45) is 11.5 Å². The Kier molecular flexibility index (Phi) is 8.20. The second-order valence-corrected chi connectivity index (χ2v) is 7.79. The summed E-state index contributed by atoms with van der Waals surface area (Å²) in [6.07, 6.45) is 6.04. The molecule has 2 atom stereocenters. The lowest BCUT2D eigenvalue weighted by atomic mass is 9.90. The molecule has 1 saturated carbocycles. The molecule has 160 valence electrons. The van der Waals surface area contributed by atoms with Gasteiger partial charge in [0.15, 0.2) is 0 Å². The Balaban J connectivity index is 1.91. The van der Waals surface area contributed by atoms with Crippen molar-refractivity contribution in [2.45, 2.75) is 50.3 Å². The van der Waals surface area contributed by atoms with E-state index in [1.165, 1.54) is 5.57 Å². The molecule has 2 aliphatic rings. The molecule has 0 bridgehead atoms. The molecular formula is C22H34N4O3. The van der Waals surface area contributed by atoms with E-state index in [1.807, 2.05) is 17.0 Å². The Morgan fingerprint density at radius 3 is 2.79 bits per heavy atom. The van der Waals surface area contributed by atoms with Gasteiger partial charge in [0.2, 0.25) is 0 Å². The smallest absolute Gasteiger partial charge is 0.252 e. The predicted molar refractivity (Wildman–Crippen MR) is 114 cm³/mol. The summed E-state index contributed by atoms with van der Waals surface area (Å²) >= 11 is 0. The molecule has 1 aromatic rings. The van der Waals surface area contributed by atoms with Crippen molar-refractivity contribution in [1.82, 2.24) is 10.4 Å². The van der Waals surface area contributed by atoms with Crippen LogP contribution in [0.3, 0.4) is 0 Å². The fourth-order valence-corrected chi connectivity index (χ4v) is 3.93. The van der Waals surface area contributed by atoms with Crippen molar-refractivity contribution in [3.63, 3.8) is 0 Å². The lowest BCUT2D eigenvalue weighted by molar-refractivity contribution is -0.144. The van der Waals surface area contributed by atoms with Crippen LogP contribution in [0.5, 0.6) is 0 Å². The summed E-state index contributed by atoms with van der Waals surface area (Å²) in [4.78, 5) is 20.2. The van der Waals surface area contributed by atoms with Crippen LogP contribution in [0.2, 0.25) is 0 Å². The number of hydrogen-bond donors (Lipinski definition) is 3. The average Bonchev–Trinajstić information content (AvgIpc) is 3.56. The number of benzene rings is 1. The second kappa shape index (κ2) is 10.8. The molecule has 1 aromatic carbocycles. The summed E-state index contributed by atoms with van der Waals surface area (Å²) in [5.74, 6) is 0.0346. The van der Waals surface area contributed by atoms with Gasteiger partial charge in [-0.15, -0.1) is 0 Å². The number of amides is 1. The van der Waals surface area contributed by atoms with E-state index >= 15 is 0 Å². The molecule has 5 N–H and O–H groups in total. The van der Waals surface area contributed by atoms with E-state index in [-0.39, 0.29) is 18.0 Å². The molecule has 1 unspecified atom stereocenters. The Morgan fingerprint density at radius 1 is 1.28 bits per heavy atom. The number of nitrogens with two attached hydrogens (primary N) is 2. The van der Waals surface area contributed by atoms with E-state index in [2.05, 4.69) is 23.7 Å². The van der Waals surface area contributed by atoms with Crippen LogP contribution in [0.25, 0.3) is 5.57 Å². The number of nitrogens with one attached hydrogen (secondary N) is 1. The molecule has 1 aliphatic carbocycles. The maximum Gasteiger partial charge on any atom is 0.252 e. The minimum absolute atomic E-state index is 0.0346. The van der Waals surface area contributed by atoms with Gasteiger partial charge in [-0.05, 0) is 42.4 Å². The number of hydroxylamine groups is 1. The Labute approximate surface area is 173 Å². The summed E-state index contributed by atoms with van der Waals surface area (Å²) in [6.45, 7) is 2.05. The third-order valence-electron chi connectivity index (χ3n) is 5.44. The lowest BCUT2D eigenvalue weighted by Gasteiger charge is -2.31. The highest BCUT2D eigenvalue weighted by Crippen LogP contribution is 2.31. The summed E-state index contributed by atoms with van der Waals surface area (Å²) in [5.41, 5.74) is 18.5. The van der Waals surface area contributed by atoms with Gasteiger partial charge in [-0.2, -0.15) is 0 Å². The fraction of sp³-hybridized carbons (Fsp3) is 0.591. The van der Waals surface area contributed by atoms with Crippen molar-refractivity contribution in [3.8, 4) is 0 Å². The quantitative estimate of drug-likeness (QED) is 0.424. The molecule has 3 rings (SSSR count). The zero-order chi connectivity index (χ0) is 20.6. The predicted octanol–water partition coefficient (Wildman–Crippen LogP) is 1.22. The Bertz CT molecular complexity index is 705. The largest absolute Gasteiger partial charge is 0.367 e. The number of ether oxygens (including phenoxy) is 1. The number of rotatable bonds is 9. The van der Waals surface area contributed by atoms with Gasteiger partial charge in [0.25, 0.3) is 5.91 Å². The number of carbonyl (C=O) groups is 1. The zero-order valence-corrected chi connectivity index (χ0v) is 17.3. The number of allylic oxidation sites excluding steroid dienone is 1. The van der Waals surface area contributed by atoms with Crippen molar-refractivity contribution < 1.29 is 14.4 Å². The highest BCUT2D eigenvalue weighted by atomic mass is 16.6. The van der Waals surface area contributed by atoms with Gasteiger partial charge >= 0.3 is 0 Å². The molecule has 0 aromatic heterocycles. The summed E-state index contributed by atoms with van der Waals surface area (Å²) < 4.78 is 5.92. The Hall–Kier alpha value is -1.77. The van der Waals surface area contributed by atoms with Crippen LogP contribution in [0, 0.1) is 0 Å². The van der Waals surface area contributed by atoms with Gasteiger partial charge in [-0.25, -0.2) is 5.48 Å². The zero-order valence-electron chi connectivity index (χ0n) is 17.3. The topological polar surface area (TPSA) is 103 Å².